The van der Waals surface area contributed by atoms with E-state index in [9.17, 15) is 9.59 Å². The van der Waals surface area contributed by atoms with Crippen LogP contribution in [0, 0.1) is 18.8 Å². The molecule has 0 aromatic heterocycles. The van der Waals surface area contributed by atoms with Gasteiger partial charge in [-0.15, -0.1) is 0 Å². The predicted molar refractivity (Wildman–Crippen MR) is 93.6 cm³/mol. The van der Waals surface area contributed by atoms with Gasteiger partial charge in [0, 0.05) is 30.4 Å². The second-order valence-corrected chi connectivity index (χ2v) is 6.77. The molecular formula is C18H27N3O2. The molecule has 1 aromatic carbocycles. The molecule has 1 aliphatic rings. The molecular weight excluding hydrogens is 290 g/mol. The average molecular weight is 317 g/mol. The van der Waals surface area contributed by atoms with Crippen molar-refractivity contribution >= 4 is 23.3 Å². The Morgan fingerprint density at radius 2 is 1.83 bits per heavy atom. The van der Waals surface area contributed by atoms with Crippen molar-refractivity contribution in [2.24, 2.45) is 11.8 Å². The molecule has 0 saturated carbocycles. The molecule has 0 unspecified atom stereocenters. The number of nitrogens with one attached hydrogen (secondary N) is 2. The number of aryl methyl sites for hydroxylation is 1. The van der Waals surface area contributed by atoms with E-state index >= 15 is 0 Å². The maximum Gasteiger partial charge on any atom is 0.321 e. The van der Waals surface area contributed by atoms with E-state index in [0.717, 1.165) is 37.2 Å². The largest absolute Gasteiger partial charge is 0.326 e. The van der Waals surface area contributed by atoms with Gasteiger partial charge in [0.15, 0.2) is 0 Å². The Kier molecular flexibility index (Phi) is 5.64. The number of nitrogens with zero attached hydrogens (tertiary/aromatic N) is 1. The van der Waals surface area contributed by atoms with Crippen LogP contribution in [0.3, 0.4) is 0 Å². The van der Waals surface area contributed by atoms with Crippen molar-refractivity contribution in [1.29, 1.82) is 0 Å². The highest BCUT2D eigenvalue weighted by Gasteiger charge is 2.20. The first kappa shape index (κ1) is 17.3. The van der Waals surface area contributed by atoms with Gasteiger partial charge >= 0.3 is 6.03 Å². The number of anilines is 2. The molecule has 0 bridgehead atoms. The second-order valence-electron chi connectivity index (χ2n) is 6.77. The number of benzene rings is 1. The molecule has 1 heterocycles. The summed E-state index contributed by atoms with van der Waals surface area (Å²) in [6.07, 6.45) is 2.10. The number of hydrogen-bond acceptors (Lipinski definition) is 2. The van der Waals surface area contributed by atoms with Crippen LogP contribution >= 0.6 is 0 Å². The van der Waals surface area contributed by atoms with Crippen molar-refractivity contribution in [1.82, 2.24) is 4.90 Å². The molecule has 0 aliphatic carbocycles. The van der Waals surface area contributed by atoms with Crippen molar-refractivity contribution in [2.75, 3.05) is 23.7 Å². The van der Waals surface area contributed by atoms with Gasteiger partial charge in [0.2, 0.25) is 5.91 Å². The predicted octanol–water partition coefficient (Wildman–Crippen LogP) is 3.85. The normalized spacial score (nSPS) is 15.6. The Morgan fingerprint density at radius 1 is 1.17 bits per heavy atom. The van der Waals surface area contributed by atoms with Gasteiger partial charge in [0.1, 0.15) is 0 Å². The van der Waals surface area contributed by atoms with E-state index in [4.69, 9.17) is 0 Å². The van der Waals surface area contributed by atoms with Gasteiger partial charge in [-0.05, 0) is 43.4 Å². The molecule has 23 heavy (non-hydrogen) atoms. The Bertz CT molecular complexity index is 576. The summed E-state index contributed by atoms with van der Waals surface area (Å²) in [6.45, 7) is 9.47. The number of amides is 3. The highest BCUT2D eigenvalue weighted by atomic mass is 16.2. The minimum atomic E-state index is -0.0790. The zero-order valence-corrected chi connectivity index (χ0v) is 14.5. The highest BCUT2D eigenvalue weighted by molar-refractivity contribution is 5.94. The molecule has 1 fully saturated rings. The number of hydrogen-bond donors (Lipinski definition) is 2. The summed E-state index contributed by atoms with van der Waals surface area (Å²) in [4.78, 5) is 26.1. The van der Waals surface area contributed by atoms with E-state index in [1.165, 1.54) is 0 Å². The first-order chi connectivity index (χ1) is 10.9. The van der Waals surface area contributed by atoms with Crippen LogP contribution in [0.25, 0.3) is 0 Å². The van der Waals surface area contributed by atoms with Gasteiger partial charge in [-0.2, -0.15) is 0 Å². The summed E-state index contributed by atoms with van der Waals surface area (Å²) < 4.78 is 0. The van der Waals surface area contributed by atoms with E-state index in [1.54, 1.807) is 0 Å². The fourth-order valence-corrected chi connectivity index (χ4v) is 2.53. The highest BCUT2D eigenvalue weighted by Crippen LogP contribution is 2.22. The molecule has 2 rings (SSSR count). The van der Waals surface area contributed by atoms with Crippen molar-refractivity contribution < 1.29 is 9.59 Å². The van der Waals surface area contributed by atoms with Gasteiger partial charge < -0.3 is 15.5 Å². The van der Waals surface area contributed by atoms with Crippen LogP contribution in [-0.4, -0.2) is 29.9 Å². The fraction of sp³-hybridized carbons (Fsp3) is 0.556. The molecule has 126 valence electrons. The molecule has 5 heteroatoms. The molecule has 1 aromatic rings. The van der Waals surface area contributed by atoms with E-state index in [1.807, 2.05) is 43.9 Å². The van der Waals surface area contributed by atoms with Crippen molar-refractivity contribution in [3.63, 3.8) is 0 Å². The second kappa shape index (κ2) is 7.49. The van der Waals surface area contributed by atoms with Crippen molar-refractivity contribution in [3.8, 4) is 0 Å². The first-order valence-electron chi connectivity index (χ1n) is 8.34. The Morgan fingerprint density at radius 3 is 2.43 bits per heavy atom. The summed E-state index contributed by atoms with van der Waals surface area (Å²) >= 11 is 0. The van der Waals surface area contributed by atoms with Crippen molar-refractivity contribution in [2.45, 2.75) is 40.5 Å². The molecule has 1 saturated heterocycles. The first-order valence-corrected chi connectivity index (χ1v) is 8.34. The minimum absolute atomic E-state index is 0.0313. The number of urea groups is 1. The topological polar surface area (TPSA) is 61.4 Å². The molecule has 3 amide bonds. The standard InChI is InChI=1S/C18H27N3O2/c1-12(2)17(22)19-15-6-5-14(4)16(11-15)20-18(23)21-9-7-13(3)8-10-21/h5-6,11-13H,7-10H2,1-4H3,(H,19,22)(H,20,23). The number of rotatable bonds is 3. The van der Waals surface area contributed by atoms with Crippen molar-refractivity contribution in [3.05, 3.63) is 23.8 Å². The van der Waals surface area contributed by atoms with E-state index in [0.29, 0.717) is 11.6 Å². The SMILES string of the molecule is Cc1ccc(NC(=O)C(C)C)cc1NC(=O)N1CCC(C)CC1. The van der Waals surface area contributed by atoms with Gasteiger partial charge in [0.25, 0.3) is 0 Å². The monoisotopic (exact) mass is 317 g/mol. The van der Waals surface area contributed by atoms with Crippen LogP contribution in [0.2, 0.25) is 0 Å². The molecule has 0 spiro atoms. The third kappa shape index (κ3) is 4.71. The van der Waals surface area contributed by atoms with Crippen LogP contribution < -0.4 is 10.6 Å². The van der Waals surface area contributed by atoms with Crippen LogP contribution in [0.4, 0.5) is 16.2 Å². The molecule has 0 radical (unpaired) electrons. The fourth-order valence-electron chi connectivity index (χ4n) is 2.53. The zero-order chi connectivity index (χ0) is 17.0. The number of piperidine rings is 1. The summed E-state index contributed by atoms with van der Waals surface area (Å²) in [5.74, 6) is 0.580. The smallest absolute Gasteiger partial charge is 0.321 e. The lowest BCUT2D eigenvalue weighted by atomic mass is 10.00. The van der Waals surface area contributed by atoms with Gasteiger partial charge in [-0.1, -0.05) is 26.8 Å². The maximum atomic E-state index is 12.4. The van der Waals surface area contributed by atoms with Gasteiger partial charge in [-0.3, -0.25) is 4.79 Å². The number of likely N-dealkylation sites (tertiary alicyclic amines) is 1. The lowest BCUT2D eigenvalue weighted by Gasteiger charge is -2.30. The summed E-state index contributed by atoms with van der Waals surface area (Å²) in [5, 5.41) is 5.84. The zero-order valence-electron chi connectivity index (χ0n) is 14.5. The molecule has 1 aliphatic heterocycles. The average Bonchev–Trinajstić information content (AvgIpc) is 2.51. The minimum Gasteiger partial charge on any atom is -0.326 e. The summed E-state index contributed by atoms with van der Waals surface area (Å²) in [7, 11) is 0. The lowest BCUT2D eigenvalue weighted by Crippen LogP contribution is -2.40. The van der Waals surface area contributed by atoms with E-state index in [2.05, 4.69) is 17.6 Å². The van der Waals surface area contributed by atoms with E-state index in [-0.39, 0.29) is 17.9 Å². The molecule has 5 nitrogen and oxygen atoms in total. The third-order valence-corrected chi connectivity index (χ3v) is 4.34. The third-order valence-electron chi connectivity index (χ3n) is 4.34. The van der Waals surface area contributed by atoms with Crippen LogP contribution in [0.5, 0.6) is 0 Å². The van der Waals surface area contributed by atoms with Crippen LogP contribution in [-0.2, 0) is 4.79 Å². The van der Waals surface area contributed by atoms with Crippen LogP contribution in [0.1, 0.15) is 39.2 Å². The molecule has 0 atom stereocenters. The quantitative estimate of drug-likeness (QED) is 0.889. The Balaban J connectivity index is 2.04. The number of carbonyl (C=O) groups is 2. The number of carbonyl (C=O) groups excluding carboxylic acids is 2. The van der Waals surface area contributed by atoms with E-state index < -0.39 is 0 Å². The Labute approximate surface area is 138 Å². The van der Waals surface area contributed by atoms with Crippen LogP contribution in [0.15, 0.2) is 18.2 Å². The summed E-state index contributed by atoms with van der Waals surface area (Å²) in [5.41, 5.74) is 2.43. The molecule has 2 N–H and O–H groups in total. The summed E-state index contributed by atoms with van der Waals surface area (Å²) in [6, 6.07) is 5.52. The van der Waals surface area contributed by atoms with Gasteiger partial charge in [-0.25, -0.2) is 4.79 Å². The Hall–Kier alpha value is -2.04. The lowest BCUT2D eigenvalue weighted by molar-refractivity contribution is -0.118. The van der Waals surface area contributed by atoms with Gasteiger partial charge in [0.05, 0.1) is 0 Å². The maximum absolute atomic E-state index is 12.4.